The van der Waals surface area contributed by atoms with Crippen molar-refractivity contribution in [1.29, 1.82) is 0 Å². The van der Waals surface area contributed by atoms with E-state index in [0.29, 0.717) is 28.0 Å². The lowest BCUT2D eigenvalue weighted by molar-refractivity contribution is 0.101. The molecule has 1 heterocycles. The second-order valence-electron chi connectivity index (χ2n) is 4.95. The molecule has 0 aliphatic heterocycles. The quantitative estimate of drug-likeness (QED) is 0.908. The first-order chi connectivity index (χ1) is 9.69. The molecule has 2 N–H and O–H groups in total. The largest absolute Gasteiger partial charge is 0.392 e. The Morgan fingerprint density at radius 3 is 2.85 bits per heavy atom. The number of hydrogen-bond acceptors (Lipinski definition) is 2. The fraction of sp³-hybridized carbons (Fsp3) is 0.267. The maximum atomic E-state index is 12.4. The number of nitrogens with zero attached hydrogens (tertiary/aromatic N) is 1. The summed E-state index contributed by atoms with van der Waals surface area (Å²) in [7, 11) is 0. The van der Waals surface area contributed by atoms with Crippen LogP contribution in [0.1, 0.15) is 34.9 Å². The number of halogens is 1. The van der Waals surface area contributed by atoms with Gasteiger partial charge in [-0.15, -0.1) is 0 Å². The number of hydrogen-bond donors (Lipinski definition) is 2. The highest BCUT2D eigenvalue weighted by Crippen LogP contribution is 2.37. The number of carbonyl (C=O) groups is 1. The van der Waals surface area contributed by atoms with Crippen molar-refractivity contribution in [3.8, 4) is 0 Å². The van der Waals surface area contributed by atoms with Gasteiger partial charge in [-0.2, -0.15) is 0 Å². The number of aromatic nitrogens is 1. The molecule has 0 atom stereocenters. The standard InChI is InChI=1S/C15H15ClN2O2/c16-11-7-14(18(8-11)12-5-6-12)15(20)17-13-4-2-1-3-10(13)9-19/h1-4,7-8,12,19H,5-6,9H2,(H,17,20). The van der Waals surface area contributed by atoms with E-state index in [0.717, 1.165) is 12.8 Å². The minimum atomic E-state index is -0.204. The van der Waals surface area contributed by atoms with Crippen molar-refractivity contribution < 1.29 is 9.90 Å². The van der Waals surface area contributed by atoms with E-state index in [2.05, 4.69) is 5.32 Å². The molecular formula is C15H15ClN2O2. The third-order valence-electron chi connectivity index (χ3n) is 3.42. The van der Waals surface area contributed by atoms with Gasteiger partial charge in [0.15, 0.2) is 0 Å². The highest BCUT2D eigenvalue weighted by molar-refractivity contribution is 6.31. The van der Waals surface area contributed by atoms with E-state index in [4.69, 9.17) is 11.6 Å². The fourth-order valence-corrected chi connectivity index (χ4v) is 2.46. The maximum Gasteiger partial charge on any atom is 0.272 e. The van der Waals surface area contributed by atoms with Gasteiger partial charge in [-0.1, -0.05) is 29.8 Å². The Morgan fingerprint density at radius 1 is 1.40 bits per heavy atom. The molecule has 1 aliphatic carbocycles. The number of rotatable bonds is 4. The van der Waals surface area contributed by atoms with E-state index in [1.54, 1.807) is 24.4 Å². The molecule has 2 aromatic rings. The number of aliphatic hydroxyl groups excluding tert-OH is 1. The van der Waals surface area contributed by atoms with Gasteiger partial charge in [-0.3, -0.25) is 4.79 Å². The summed E-state index contributed by atoms with van der Waals surface area (Å²) in [6.07, 6.45) is 3.96. The van der Waals surface area contributed by atoms with E-state index in [1.165, 1.54) is 0 Å². The van der Waals surface area contributed by atoms with Gasteiger partial charge in [0.2, 0.25) is 0 Å². The lowest BCUT2D eigenvalue weighted by Gasteiger charge is -2.11. The molecule has 1 fully saturated rings. The lowest BCUT2D eigenvalue weighted by atomic mass is 10.2. The Bertz CT molecular complexity index is 647. The van der Waals surface area contributed by atoms with Crippen LogP contribution in [-0.4, -0.2) is 15.6 Å². The van der Waals surface area contributed by atoms with Crippen molar-refractivity contribution in [2.75, 3.05) is 5.32 Å². The molecular weight excluding hydrogens is 276 g/mol. The molecule has 0 bridgehead atoms. The van der Waals surface area contributed by atoms with Crippen LogP contribution in [0.2, 0.25) is 5.02 Å². The van der Waals surface area contributed by atoms with E-state index >= 15 is 0 Å². The van der Waals surface area contributed by atoms with Crippen LogP contribution in [0, 0.1) is 0 Å². The van der Waals surface area contributed by atoms with Gasteiger partial charge in [-0.25, -0.2) is 0 Å². The van der Waals surface area contributed by atoms with Gasteiger partial charge in [0.25, 0.3) is 5.91 Å². The van der Waals surface area contributed by atoms with Gasteiger partial charge in [-0.05, 0) is 25.0 Å². The maximum absolute atomic E-state index is 12.4. The first-order valence-corrected chi connectivity index (χ1v) is 6.94. The molecule has 20 heavy (non-hydrogen) atoms. The van der Waals surface area contributed by atoms with Gasteiger partial charge >= 0.3 is 0 Å². The zero-order chi connectivity index (χ0) is 14.1. The van der Waals surface area contributed by atoms with Crippen LogP contribution in [0.3, 0.4) is 0 Å². The molecule has 4 nitrogen and oxygen atoms in total. The summed E-state index contributed by atoms with van der Waals surface area (Å²) in [5.74, 6) is -0.204. The Balaban J connectivity index is 1.86. The SMILES string of the molecule is O=C(Nc1ccccc1CO)c1cc(Cl)cn1C1CC1. The summed E-state index contributed by atoms with van der Waals surface area (Å²) in [5, 5.41) is 12.7. The molecule has 1 amide bonds. The molecule has 1 saturated carbocycles. The first-order valence-electron chi connectivity index (χ1n) is 6.56. The molecule has 0 spiro atoms. The second kappa shape index (κ2) is 5.31. The lowest BCUT2D eigenvalue weighted by Crippen LogP contribution is -2.17. The molecule has 1 aromatic heterocycles. The normalized spacial score (nSPS) is 14.3. The highest BCUT2D eigenvalue weighted by Gasteiger charge is 2.28. The van der Waals surface area contributed by atoms with E-state index in [9.17, 15) is 9.90 Å². The highest BCUT2D eigenvalue weighted by atomic mass is 35.5. The zero-order valence-corrected chi connectivity index (χ0v) is 11.6. The summed E-state index contributed by atoms with van der Waals surface area (Å²) < 4.78 is 1.93. The van der Waals surface area contributed by atoms with Gasteiger partial charge in [0.05, 0.1) is 11.6 Å². The Morgan fingerprint density at radius 2 is 2.15 bits per heavy atom. The van der Waals surface area contributed by atoms with Crippen molar-refractivity contribution in [2.45, 2.75) is 25.5 Å². The third-order valence-corrected chi connectivity index (χ3v) is 3.63. The number of para-hydroxylation sites is 1. The van der Waals surface area contributed by atoms with Gasteiger partial charge < -0.3 is 15.0 Å². The number of carbonyl (C=O) groups excluding carboxylic acids is 1. The minimum Gasteiger partial charge on any atom is -0.392 e. The molecule has 3 rings (SSSR count). The van der Waals surface area contributed by atoms with Crippen molar-refractivity contribution in [1.82, 2.24) is 4.57 Å². The molecule has 5 heteroatoms. The van der Waals surface area contributed by atoms with Crippen LogP contribution >= 0.6 is 11.6 Å². The number of anilines is 1. The van der Waals surface area contributed by atoms with Crippen LogP contribution in [0.5, 0.6) is 0 Å². The van der Waals surface area contributed by atoms with Crippen molar-refractivity contribution in [3.63, 3.8) is 0 Å². The molecule has 104 valence electrons. The summed E-state index contributed by atoms with van der Waals surface area (Å²) in [6.45, 7) is -0.110. The van der Waals surface area contributed by atoms with Gasteiger partial charge in [0, 0.05) is 23.5 Å². The van der Waals surface area contributed by atoms with Gasteiger partial charge in [0.1, 0.15) is 5.69 Å². The van der Waals surface area contributed by atoms with Crippen LogP contribution in [-0.2, 0) is 6.61 Å². The number of nitrogens with one attached hydrogen (secondary N) is 1. The average molecular weight is 291 g/mol. The van der Waals surface area contributed by atoms with Crippen molar-refractivity contribution in [2.24, 2.45) is 0 Å². The zero-order valence-electron chi connectivity index (χ0n) is 10.8. The Kier molecular flexibility index (Phi) is 3.51. The molecule has 1 aliphatic rings. The number of amides is 1. The number of benzene rings is 1. The van der Waals surface area contributed by atoms with Crippen molar-refractivity contribution in [3.05, 3.63) is 52.8 Å². The topological polar surface area (TPSA) is 54.3 Å². The van der Waals surface area contributed by atoms with E-state index in [1.807, 2.05) is 16.7 Å². The monoisotopic (exact) mass is 290 g/mol. The number of aliphatic hydroxyl groups is 1. The summed E-state index contributed by atoms with van der Waals surface area (Å²) in [5.41, 5.74) is 1.88. The molecule has 0 radical (unpaired) electrons. The molecule has 0 saturated heterocycles. The Hall–Kier alpha value is -1.78. The summed E-state index contributed by atoms with van der Waals surface area (Å²) >= 11 is 6.00. The first kappa shape index (κ1) is 13.2. The van der Waals surface area contributed by atoms with Crippen LogP contribution < -0.4 is 5.32 Å². The molecule has 1 aromatic carbocycles. The minimum absolute atomic E-state index is 0.110. The smallest absolute Gasteiger partial charge is 0.272 e. The average Bonchev–Trinajstić information content (AvgIpc) is 3.22. The summed E-state index contributed by atoms with van der Waals surface area (Å²) in [6, 6.07) is 9.26. The molecule has 0 unspecified atom stereocenters. The van der Waals surface area contributed by atoms with Crippen LogP contribution in [0.4, 0.5) is 5.69 Å². The van der Waals surface area contributed by atoms with E-state index in [-0.39, 0.29) is 12.5 Å². The third kappa shape index (κ3) is 2.57. The van der Waals surface area contributed by atoms with E-state index < -0.39 is 0 Å². The van der Waals surface area contributed by atoms with Crippen molar-refractivity contribution >= 4 is 23.2 Å². The second-order valence-corrected chi connectivity index (χ2v) is 5.39. The van der Waals surface area contributed by atoms with Crippen LogP contribution in [0.15, 0.2) is 36.5 Å². The fourth-order valence-electron chi connectivity index (χ4n) is 2.25. The summed E-state index contributed by atoms with van der Waals surface area (Å²) in [4.78, 5) is 12.4. The van der Waals surface area contributed by atoms with Crippen LogP contribution in [0.25, 0.3) is 0 Å². The Labute approximate surface area is 122 Å². The predicted molar refractivity (Wildman–Crippen MR) is 78.0 cm³/mol. The predicted octanol–water partition coefficient (Wildman–Crippen LogP) is 3.22.